The number of nitrogens with one attached hydrogen (secondary N) is 2. The molecule has 0 radical (unpaired) electrons. The van der Waals surface area contributed by atoms with Gasteiger partial charge in [0, 0.05) is 26.1 Å². The van der Waals surface area contributed by atoms with E-state index < -0.39 is 46.6 Å². The van der Waals surface area contributed by atoms with E-state index >= 15 is 0 Å². The lowest BCUT2D eigenvalue weighted by Gasteiger charge is -2.28. The molecule has 0 unspecified atom stereocenters. The molecule has 1 aliphatic rings. The number of hydrogen-bond donors (Lipinski definition) is 4. The van der Waals surface area contributed by atoms with Crippen LogP contribution in [0, 0.1) is 5.82 Å². The predicted octanol–water partition coefficient (Wildman–Crippen LogP) is 2.04. The number of methoxy groups -OCH3 is 1. The van der Waals surface area contributed by atoms with Crippen molar-refractivity contribution >= 4 is 39.2 Å². The first-order valence-electron chi connectivity index (χ1n) is 12.3. The van der Waals surface area contributed by atoms with E-state index in [0.717, 1.165) is 29.5 Å². The van der Waals surface area contributed by atoms with Crippen molar-refractivity contribution in [3.8, 4) is 11.6 Å². The fourth-order valence-corrected chi connectivity index (χ4v) is 5.20. The number of anilines is 2. The number of halogens is 2. The van der Waals surface area contributed by atoms with Crippen LogP contribution in [0.4, 0.5) is 16.0 Å². The zero-order valence-corrected chi connectivity index (χ0v) is 23.9. The van der Waals surface area contributed by atoms with Crippen molar-refractivity contribution in [1.82, 2.24) is 19.6 Å². The number of nitrogens with zero attached hydrogens (tertiary/aromatic N) is 3. The molecular formula is C26H29ClFN5O7S. The van der Waals surface area contributed by atoms with Crippen molar-refractivity contribution in [2.24, 2.45) is 0 Å². The number of carbonyl (C=O) groups excluding carboxylic acids is 1. The van der Waals surface area contributed by atoms with Crippen LogP contribution in [0.25, 0.3) is 0 Å². The molecule has 3 atom stereocenters. The van der Waals surface area contributed by atoms with Gasteiger partial charge in [0.05, 0.1) is 49.6 Å². The van der Waals surface area contributed by atoms with Gasteiger partial charge in [-0.05, 0) is 17.2 Å². The lowest BCUT2D eigenvalue weighted by atomic mass is 10.1. The highest BCUT2D eigenvalue weighted by molar-refractivity contribution is 7.88. The lowest BCUT2D eigenvalue weighted by Crippen LogP contribution is -2.38. The maximum absolute atomic E-state index is 14.9. The second-order valence-corrected chi connectivity index (χ2v) is 11.8. The minimum atomic E-state index is -3.57. The number of likely N-dealkylation sites (N-methyl/N-ethyl adjacent to an activating group) is 1. The zero-order valence-electron chi connectivity index (χ0n) is 22.3. The summed E-state index contributed by atoms with van der Waals surface area (Å²) in [5.74, 6) is -1.68. The largest absolute Gasteiger partial charge is 0.495 e. The van der Waals surface area contributed by atoms with Gasteiger partial charge in [0.1, 0.15) is 22.7 Å². The molecule has 2 aromatic carbocycles. The Labute approximate surface area is 241 Å². The average molecular weight is 610 g/mol. The van der Waals surface area contributed by atoms with E-state index in [1.54, 1.807) is 0 Å². The van der Waals surface area contributed by atoms with Crippen LogP contribution in [0.2, 0.25) is 5.02 Å². The molecule has 4 rings (SSSR count). The van der Waals surface area contributed by atoms with Crippen LogP contribution in [0.1, 0.15) is 27.5 Å². The third-order valence-electron chi connectivity index (χ3n) is 6.53. The molecule has 1 heterocycles. The number of rotatable bonds is 11. The smallest absolute Gasteiger partial charge is 0.254 e. The van der Waals surface area contributed by atoms with Gasteiger partial charge in [-0.2, -0.15) is 9.29 Å². The van der Waals surface area contributed by atoms with Crippen molar-refractivity contribution in [2.45, 2.75) is 24.7 Å². The van der Waals surface area contributed by atoms with Crippen LogP contribution in [0.15, 0.2) is 42.6 Å². The van der Waals surface area contributed by atoms with Crippen LogP contribution in [0.5, 0.6) is 11.6 Å². The number of ether oxygens (including phenoxy) is 2. The highest BCUT2D eigenvalue weighted by Gasteiger charge is 2.40. The fourth-order valence-electron chi connectivity index (χ4n) is 4.40. The van der Waals surface area contributed by atoms with Crippen molar-refractivity contribution in [3.63, 3.8) is 0 Å². The Kier molecular flexibility index (Phi) is 9.29. The molecule has 1 aliphatic carbocycles. The normalized spacial score (nSPS) is 17.2. The Bertz CT molecular complexity index is 1540. The number of fused-ring (bicyclic) bond motifs is 1. The molecule has 0 saturated heterocycles. The zero-order chi connectivity index (χ0) is 29.9. The minimum Gasteiger partial charge on any atom is -0.495 e. The molecule has 0 aliphatic heterocycles. The molecule has 1 amide bonds. The third-order valence-corrected chi connectivity index (χ3v) is 8.06. The Morgan fingerprint density at radius 3 is 2.73 bits per heavy atom. The summed E-state index contributed by atoms with van der Waals surface area (Å²) in [6, 6.07) is 8.97. The molecule has 220 valence electrons. The van der Waals surface area contributed by atoms with Crippen LogP contribution in [0.3, 0.4) is 0 Å². The van der Waals surface area contributed by atoms with Gasteiger partial charge in [0.2, 0.25) is 21.9 Å². The molecule has 1 aromatic heterocycles. The molecule has 0 bridgehead atoms. The molecule has 12 nitrogen and oxygen atoms in total. The molecular weight excluding hydrogens is 581 g/mol. The van der Waals surface area contributed by atoms with Gasteiger partial charge in [0.25, 0.3) is 5.91 Å². The molecule has 15 heteroatoms. The average Bonchev–Trinajstić information content (AvgIpc) is 3.30. The summed E-state index contributed by atoms with van der Waals surface area (Å²) in [7, 11) is -0.769. The predicted molar refractivity (Wildman–Crippen MR) is 149 cm³/mol. The maximum atomic E-state index is 14.9. The van der Waals surface area contributed by atoms with E-state index in [2.05, 4.69) is 20.6 Å². The molecule has 3 aromatic rings. The second-order valence-electron chi connectivity index (χ2n) is 9.33. The Hall–Kier alpha value is -3.56. The minimum absolute atomic E-state index is 0.0215. The molecule has 4 N–H and O–H groups in total. The molecule has 0 fully saturated rings. The topological polar surface area (TPSA) is 163 Å². The van der Waals surface area contributed by atoms with Gasteiger partial charge in [-0.1, -0.05) is 35.9 Å². The summed E-state index contributed by atoms with van der Waals surface area (Å²) >= 11 is 6.34. The molecule has 41 heavy (non-hydrogen) atoms. The summed E-state index contributed by atoms with van der Waals surface area (Å²) in [6.07, 6.45) is 0.956. The molecule has 0 spiro atoms. The molecule has 0 saturated carbocycles. The monoisotopic (exact) mass is 609 g/mol. The van der Waals surface area contributed by atoms with E-state index in [4.69, 9.17) is 26.2 Å². The summed E-state index contributed by atoms with van der Waals surface area (Å²) in [4.78, 5) is 20.8. The number of carbonyl (C=O) groups is 1. The van der Waals surface area contributed by atoms with Crippen LogP contribution >= 0.6 is 11.6 Å². The Morgan fingerprint density at radius 2 is 2.05 bits per heavy atom. The van der Waals surface area contributed by atoms with Crippen molar-refractivity contribution in [2.75, 3.05) is 38.9 Å². The van der Waals surface area contributed by atoms with E-state index in [0.29, 0.717) is 6.42 Å². The van der Waals surface area contributed by atoms with E-state index in [1.807, 2.05) is 24.3 Å². The number of aliphatic hydroxyl groups excluding tert-OH is 2. The first-order valence-corrected chi connectivity index (χ1v) is 14.6. The summed E-state index contributed by atoms with van der Waals surface area (Å²) in [6.45, 7) is -0.837. The Balaban J connectivity index is 1.58. The highest BCUT2D eigenvalue weighted by Crippen LogP contribution is 2.40. The maximum Gasteiger partial charge on any atom is 0.254 e. The van der Waals surface area contributed by atoms with Gasteiger partial charge in [-0.3, -0.25) is 4.79 Å². The second kappa shape index (κ2) is 12.5. The van der Waals surface area contributed by atoms with Crippen LogP contribution in [-0.4, -0.2) is 84.6 Å². The lowest BCUT2D eigenvalue weighted by molar-refractivity contribution is 0.0799. The summed E-state index contributed by atoms with van der Waals surface area (Å²) in [5.41, 5.74) is 1.48. The van der Waals surface area contributed by atoms with Crippen molar-refractivity contribution < 1.29 is 37.3 Å². The van der Waals surface area contributed by atoms with Gasteiger partial charge in [-0.25, -0.2) is 17.8 Å². The third kappa shape index (κ3) is 6.85. The van der Waals surface area contributed by atoms with Crippen LogP contribution < -0.4 is 20.1 Å². The summed E-state index contributed by atoms with van der Waals surface area (Å²) < 4.78 is 52.4. The Morgan fingerprint density at radius 1 is 1.32 bits per heavy atom. The van der Waals surface area contributed by atoms with E-state index in [9.17, 15) is 22.7 Å². The van der Waals surface area contributed by atoms with E-state index in [-0.39, 0.29) is 40.4 Å². The number of hydrogen-bond acceptors (Lipinski definition) is 10. The highest BCUT2D eigenvalue weighted by atomic mass is 35.5. The van der Waals surface area contributed by atoms with Crippen LogP contribution in [-0.2, 0) is 16.4 Å². The van der Waals surface area contributed by atoms with Gasteiger partial charge in [0.15, 0.2) is 0 Å². The van der Waals surface area contributed by atoms with Crippen molar-refractivity contribution in [1.29, 1.82) is 0 Å². The van der Waals surface area contributed by atoms with Gasteiger partial charge >= 0.3 is 0 Å². The SMILES string of the molecule is COc1cc(C(=O)NC[C@@H](O)CO)c(F)cc1Nc1ncc(Cl)c(O[C@@H]2Cc3ccccc3[C@H]2N(C)S(C)(=O)=O)n1. The van der Waals surface area contributed by atoms with E-state index in [1.165, 1.54) is 24.7 Å². The summed E-state index contributed by atoms with van der Waals surface area (Å²) in [5, 5.41) is 23.5. The fraction of sp³-hybridized carbons (Fsp3) is 0.346. The number of aromatic nitrogens is 2. The standard InChI is InChI=1S/C26H29ClFN5O7S/c1-33(41(3,37)38)23-16-7-5-4-6-14(16)8-22(23)40-25-18(27)12-30-26(32-25)31-20-10-19(28)17(9-21(20)39-2)24(36)29-11-15(35)13-34/h4-7,9-10,12,15,22-23,34-35H,8,11,13H2,1-3H3,(H,29,36)(H,30,31,32)/t15-,22-,23-/m1/s1. The van der Waals surface area contributed by atoms with Gasteiger partial charge in [-0.15, -0.1) is 0 Å². The first kappa shape index (κ1) is 30.4. The number of aliphatic hydroxyl groups is 2. The van der Waals surface area contributed by atoms with Gasteiger partial charge < -0.3 is 30.3 Å². The quantitative estimate of drug-likeness (QED) is 0.253. The number of sulfonamides is 1. The first-order chi connectivity index (χ1) is 19.4. The number of benzene rings is 2. The number of amides is 1. The van der Waals surface area contributed by atoms with Crippen molar-refractivity contribution in [3.05, 3.63) is 70.1 Å².